The fraction of sp³-hybridized carbons (Fsp3) is 0.600. The predicted octanol–water partition coefficient (Wildman–Crippen LogP) is 6.35. The second-order valence-corrected chi connectivity index (χ2v) is 11.8. The molecule has 4 bridgehead atoms. The van der Waals surface area contributed by atoms with Crippen molar-refractivity contribution in [3.8, 4) is 11.1 Å². The van der Waals surface area contributed by atoms with Crippen LogP contribution in [0.25, 0.3) is 11.1 Å². The first-order valence-corrected chi connectivity index (χ1v) is 13.4. The van der Waals surface area contributed by atoms with Crippen molar-refractivity contribution in [2.24, 2.45) is 35.3 Å². The first-order chi connectivity index (χ1) is 16.3. The van der Waals surface area contributed by atoms with Gasteiger partial charge in [0, 0.05) is 24.0 Å². The largest absolute Gasteiger partial charge is 0.353 e. The maximum Gasteiger partial charge on any atom is 0.224 e. The van der Waals surface area contributed by atoms with Crippen LogP contribution >= 0.6 is 24.8 Å². The molecule has 1 heterocycles. The van der Waals surface area contributed by atoms with Gasteiger partial charge in [-0.15, -0.1) is 24.8 Å². The molecule has 0 spiro atoms. The van der Waals surface area contributed by atoms with Crippen LogP contribution in [-0.2, 0) is 24.2 Å². The van der Waals surface area contributed by atoms with E-state index in [0.29, 0.717) is 36.8 Å². The van der Waals surface area contributed by atoms with Gasteiger partial charge < -0.3 is 11.1 Å². The van der Waals surface area contributed by atoms with Gasteiger partial charge in [-0.3, -0.25) is 9.78 Å². The topological polar surface area (TPSA) is 68.0 Å². The van der Waals surface area contributed by atoms with Crippen molar-refractivity contribution in [2.45, 2.75) is 85.2 Å². The fourth-order valence-electron chi connectivity index (χ4n) is 7.46. The molecule has 0 aliphatic heterocycles. The van der Waals surface area contributed by atoms with E-state index in [2.05, 4.69) is 57.3 Å². The van der Waals surface area contributed by atoms with Crippen LogP contribution in [0.1, 0.15) is 74.0 Å². The van der Waals surface area contributed by atoms with E-state index in [1.165, 1.54) is 37.7 Å². The summed E-state index contributed by atoms with van der Waals surface area (Å²) in [5.74, 6) is 3.84. The maximum absolute atomic E-state index is 13.5. The lowest BCUT2D eigenvalue weighted by molar-refractivity contribution is -0.124. The molecular weight excluding hydrogens is 489 g/mol. The molecule has 4 saturated carbocycles. The number of carbonyl (C=O) groups is 1. The molecule has 1 aromatic heterocycles. The Morgan fingerprint density at radius 2 is 1.56 bits per heavy atom. The van der Waals surface area contributed by atoms with Crippen LogP contribution < -0.4 is 11.1 Å². The molecule has 6 rings (SSSR count). The van der Waals surface area contributed by atoms with Crippen LogP contribution in [0, 0.1) is 43.4 Å². The summed E-state index contributed by atoms with van der Waals surface area (Å²) in [6, 6.07) is 8.99. The third-order valence-electron chi connectivity index (χ3n) is 8.73. The van der Waals surface area contributed by atoms with E-state index in [0.717, 1.165) is 51.9 Å². The zero-order chi connectivity index (χ0) is 24.0. The average Bonchev–Trinajstić information content (AvgIpc) is 2.77. The summed E-state index contributed by atoms with van der Waals surface area (Å²) in [7, 11) is 0. The summed E-state index contributed by atoms with van der Waals surface area (Å²) in [5.41, 5.74) is 14.0. The Morgan fingerprint density at radius 3 is 2.08 bits per heavy atom. The Labute approximate surface area is 229 Å². The number of aromatic nitrogens is 1. The zero-order valence-corrected chi connectivity index (χ0v) is 23.8. The molecular formula is C30H43Cl2N3O. The molecule has 1 amide bonds. The number of hydrogen-bond donors (Lipinski definition) is 2. The molecule has 4 nitrogen and oxygen atoms in total. The smallest absolute Gasteiger partial charge is 0.224 e. The number of nitrogens with zero attached hydrogens (tertiary/aromatic N) is 1. The van der Waals surface area contributed by atoms with Crippen molar-refractivity contribution in [3.05, 3.63) is 52.3 Å². The highest BCUT2D eigenvalue weighted by molar-refractivity contribution is 5.86. The Bertz CT molecular complexity index is 1040. The van der Waals surface area contributed by atoms with Crippen molar-refractivity contribution < 1.29 is 4.79 Å². The molecule has 0 saturated heterocycles. The van der Waals surface area contributed by atoms with Crippen LogP contribution in [-0.4, -0.2) is 16.9 Å². The van der Waals surface area contributed by atoms with E-state index in [1.807, 2.05) is 0 Å². The van der Waals surface area contributed by atoms with Crippen molar-refractivity contribution in [2.75, 3.05) is 0 Å². The van der Waals surface area contributed by atoms with Crippen molar-refractivity contribution in [1.82, 2.24) is 10.3 Å². The molecule has 1 aromatic carbocycles. The van der Waals surface area contributed by atoms with Gasteiger partial charge in [0.2, 0.25) is 5.91 Å². The van der Waals surface area contributed by atoms with Gasteiger partial charge in [0.1, 0.15) is 0 Å². The highest BCUT2D eigenvalue weighted by Crippen LogP contribution is 2.53. The number of halogens is 2. The minimum atomic E-state index is 0. The van der Waals surface area contributed by atoms with Crippen LogP contribution in [0.4, 0.5) is 0 Å². The monoisotopic (exact) mass is 531 g/mol. The fourth-order valence-corrected chi connectivity index (χ4v) is 7.46. The molecule has 0 radical (unpaired) electrons. The van der Waals surface area contributed by atoms with Crippen molar-refractivity contribution >= 4 is 30.7 Å². The number of hydrogen-bond acceptors (Lipinski definition) is 3. The second kappa shape index (κ2) is 11.8. The van der Waals surface area contributed by atoms with Gasteiger partial charge in [0.15, 0.2) is 0 Å². The zero-order valence-electron chi connectivity index (χ0n) is 22.2. The number of aryl methyl sites for hydroxylation is 2. The van der Waals surface area contributed by atoms with E-state index in [1.54, 1.807) is 0 Å². The third kappa shape index (κ3) is 5.76. The number of pyridine rings is 1. The second-order valence-electron chi connectivity index (χ2n) is 11.8. The molecule has 198 valence electrons. The molecule has 0 unspecified atom stereocenters. The standard InChI is InChI=1S/C30H41N3O.2ClH/c1-17(2)9-27-26(16-31)29(22-7-5-18(3)6-8-22)25(19(4)32-27)15-28(34)33-30-23-11-20-10-21(13-23)14-24(30)12-20;;/h5-8,17,20-21,23-24,30H,9-16,31H2,1-4H3,(H,33,34);2*1H. The molecule has 0 atom stereocenters. The molecule has 4 aliphatic carbocycles. The van der Waals surface area contributed by atoms with E-state index >= 15 is 0 Å². The minimum Gasteiger partial charge on any atom is -0.353 e. The summed E-state index contributed by atoms with van der Waals surface area (Å²) in [5, 5.41) is 3.51. The van der Waals surface area contributed by atoms with Gasteiger partial charge in [0.05, 0.1) is 6.42 Å². The Balaban J connectivity index is 0.00000180. The van der Waals surface area contributed by atoms with Gasteiger partial charge in [-0.25, -0.2) is 0 Å². The Kier molecular flexibility index (Phi) is 9.52. The lowest BCUT2D eigenvalue weighted by Crippen LogP contribution is -2.56. The number of rotatable bonds is 7. The summed E-state index contributed by atoms with van der Waals surface area (Å²) in [6.45, 7) is 9.04. The molecule has 2 aromatic rings. The molecule has 36 heavy (non-hydrogen) atoms. The van der Waals surface area contributed by atoms with Crippen molar-refractivity contribution in [1.29, 1.82) is 0 Å². The van der Waals surface area contributed by atoms with Crippen molar-refractivity contribution in [3.63, 3.8) is 0 Å². The molecule has 4 aliphatic rings. The number of amides is 1. The van der Waals surface area contributed by atoms with Crippen LogP contribution in [0.5, 0.6) is 0 Å². The maximum atomic E-state index is 13.5. The number of carbonyl (C=O) groups excluding carboxylic acids is 1. The number of nitrogens with one attached hydrogen (secondary N) is 1. The summed E-state index contributed by atoms with van der Waals surface area (Å²) in [6.07, 6.45) is 7.96. The first kappa shape index (κ1) is 28.9. The lowest BCUT2D eigenvalue weighted by atomic mass is 9.54. The summed E-state index contributed by atoms with van der Waals surface area (Å²) < 4.78 is 0. The van der Waals surface area contributed by atoms with Crippen LogP contribution in [0.3, 0.4) is 0 Å². The number of benzene rings is 1. The lowest BCUT2D eigenvalue weighted by Gasteiger charge is -2.54. The van der Waals surface area contributed by atoms with E-state index in [9.17, 15) is 4.79 Å². The first-order valence-electron chi connectivity index (χ1n) is 13.4. The van der Waals surface area contributed by atoms with E-state index in [4.69, 9.17) is 10.7 Å². The van der Waals surface area contributed by atoms with E-state index in [-0.39, 0.29) is 30.7 Å². The molecule has 6 heteroatoms. The van der Waals surface area contributed by atoms with Crippen LogP contribution in [0.15, 0.2) is 24.3 Å². The summed E-state index contributed by atoms with van der Waals surface area (Å²) >= 11 is 0. The molecule has 3 N–H and O–H groups in total. The van der Waals surface area contributed by atoms with Gasteiger partial charge >= 0.3 is 0 Å². The highest BCUT2D eigenvalue weighted by Gasteiger charge is 2.48. The number of nitrogens with two attached hydrogens (primary N) is 1. The van der Waals surface area contributed by atoms with Crippen LogP contribution in [0.2, 0.25) is 0 Å². The van der Waals surface area contributed by atoms with E-state index < -0.39 is 0 Å². The van der Waals surface area contributed by atoms with Gasteiger partial charge in [-0.1, -0.05) is 43.7 Å². The normalized spacial score (nSPS) is 25.9. The van der Waals surface area contributed by atoms with Gasteiger partial charge in [-0.2, -0.15) is 0 Å². The SMILES string of the molecule is Cc1ccc(-c2c(CC(=O)NC3C4CC5CC(C4)CC3C5)c(C)nc(CC(C)C)c2CN)cc1.Cl.Cl. The minimum absolute atomic E-state index is 0. The van der Waals surface area contributed by atoms with Gasteiger partial charge in [0.25, 0.3) is 0 Å². The average molecular weight is 533 g/mol. The summed E-state index contributed by atoms with van der Waals surface area (Å²) in [4.78, 5) is 18.5. The Hall–Kier alpha value is -1.62. The predicted molar refractivity (Wildman–Crippen MR) is 153 cm³/mol. The molecule has 4 fully saturated rings. The van der Waals surface area contributed by atoms with Gasteiger partial charge in [-0.05, 0) is 104 Å². The quantitative estimate of drug-likeness (QED) is 0.437. The highest BCUT2D eigenvalue weighted by atomic mass is 35.5. The third-order valence-corrected chi connectivity index (χ3v) is 8.73. The Morgan fingerprint density at radius 1 is 0.972 bits per heavy atom.